The van der Waals surface area contributed by atoms with Crippen LogP contribution in [0.4, 0.5) is 4.79 Å². The molecule has 0 aromatic heterocycles. The van der Waals surface area contributed by atoms with Crippen molar-refractivity contribution in [2.45, 2.75) is 50.6 Å². The van der Waals surface area contributed by atoms with Gasteiger partial charge in [0.05, 0.1) is 0 Å². The van der Waals surface area contributed by atoms with Crippen LogP contribution < -0.4 is 5.32 Å². The number of carbonyl (C=O) groups is 1. The number of nitrogens with zero attached hydrogens (tertiary/aromatic N) is 2. The van der Waals surface area contributed by atoms with Crippen molar-refractivity contribution in [2.75, 3.05) is 26.7 Å². The van der Waals surface area contributed by atoms with Crippen molar-refractivity contribution in [1.29, 1.82) is 0 Å². The molecule has 0 bridgehead atoms. The second-order valence-electron chi connectivity index (χ2n) is 6.16. The summed E-state index contributed by atoms with van der Waals surface area (Å²) >= 11 is 0. The molecule has 4 heteroatoms. The summed E-state index contributed by atoms with van der Waals surface area (Å²) < 4.78 is 0. The Morgan fingerprint density at radius 2 is 1.83 bits per heavy atom. The SMILES string of the molecule is CN1C[C@H]2CCCC[C@@H]2N(C2CCNCC2)C1=O. The average Bonchev–Trinajstić information content (AvgIpc) is 2.41. The van der Waals surface area contributed by atoms with Gasteiger partial charge in [0, 0.05) is 25.7 Å². The van der Waals surface area contributed by atoms with Crippen LogP contribution in [-0.4, -0.2) is 54.6 Å². The zero-order valence-electron chi connectivity index (χ0n) is 11.4. The van der Waals surface area contributed by atoms with Gasteiger partial charge in [-0.25, -0.2) is 4.79 Å². The van der Waals surface area contributed by atoms with Crippen molar-refractivity contribution in [2.24, 2.45) is 5.92 Å². The molecule has 0 aromatic rings. The Bertz CT molecular complexity index is 314. The topological polar surface area (TPSA) is 35.6 Å². The van der Waals surface area contributed by atoms with Crippen LogP contribution in [0.3, 0.4) is 0 Å². The molecule has 1 saturated carbocycles. The van der Waals surface area contributed by atoms with Crippen LogP contribution in [0.1, 0.15) is 38.5 Å². The van der Waals surface area contributed by atoms with Crippen LogP contribution >= 0.6 is 0 Å². The molecule has 0 unspecified atom stereocenters. The summed E-state index contributed by atoms with van der Waals surface area (Å²) in [6.45, 7) is 3.11. The van der Waals surface area contributed by atoms with E-state index in [0.717, 1.165) is 38.4 Å². The Labute approximate surface area is 110 Å². The number of piperidine rings is 1. The fourth-order valence-electron chi connectivity index (χ4n) is 4.05. The number of carbonyl (C=O) groups excluding carboxylic acids is 1. The summed E-state index contributed by atoms with van der Waals surface area (Å²) in [6, 6.07) is 1.29. The largest absolute Gasteiger partial charge is 0.327 e. The van der Waals surface area contributed by atoms with Gasteiger partial charge in [0.25, 0.3) is 0 Å². The lowest BCUT2D eigenvalue weighted by Crippen LogP contribution is -2.62. The van der Waals surface area contributed by atoms with E-state index in [1.165, 1.54) is 25.7 Å². The number of hydrogen-bond acceptors (Lipinski definition) is 2. The van der Waals surface area contributed by atoms with Gasteiger partial charge in [-0.05, 0) is 44.7 Å². The lowest BCUT2D eigenvalue weighted by atomic mass is 9.80. The highest BCUT2D eigenvalue weighted by Gasteiger charge is 2.42. The Hall–Kier alpha value is -0.770. The van der Waals surface area contributed by atoms with Gasteiger partial charge < -0.3 is 15.1 Å². The smallest absolute Gasteiger partial charge is 0.320 e. The molecule has 2 amide bonds. The van der Waals surface area contributed by atoms with Crippen LogP contribution in [-0.2, 0) is 0 Å². The minimum atomic E-state index is 0.282. The molecule has 4 nitrogen and oxygen atoms in total. The highest BCUT2D eigenvalue weighted by molar-refractivity contribution is 5.76. The quantitative estimate of drug-likeness (QED) is 0.769. The summed E-state index contributed by atoms with van der Waals surface area (Å²) in [4.78, 5) is 16.7. The average molecular weight is 251 g/mol. The van der Waals surface area contributed by atoms with E-state index in [9.17, 15) is 4.79 Å². The number of hydrogen-bond donors (Lipinski definition) is 1. The zero-order chi connectivity index (χ0) is 12.5. The molecule has 3 rings (SSSR count). The van der Waals surface area contributed by atoms with Crippen molar-refractivity contribution in [3.05, 3.63) is 0 Å². The van der Waals surface area contributed by atoms with Gasteiger partial charge in [0.15, 0.2) is 0 Å². The van der Waals surface area contributed by atoms with E-state index >= 15 is 0 Å². The first kappa shape index (κ1) is 12.3. The third kappa shape index (κ3) is 2.11. The first-order valence-corrected chi connectivity index (χ1v) is 7.51. The molecule has 0 radical (unpaired) electrons. The Morgan fingerprint density at radius 1 is 1.11 bits per heavy atom. The number of nitrogens with one attached hydrogen (secondary N) is 1. The number of urea groups is 1. The molecule has 102 valence electrons. The van der Waals surface area contributed by atoms with Crippen LogP contribution in [0.2, 0.25) is 0 Å². The highest BCUT2D eigenvalue weighted by Crippen LogP contribution is 2.35. The lowest BCUT2D eigenvalue weighted by Gasteiger charge is -2.51. The second-order valence-corrected chi connectivity index (χ2v) is 6.16. The predicted octanol–water partition coefficient (Wildman–Crippen LogP) is 1.66. The normalized spacial score (nSPS) is 34.6. The van der Waals surface area contributed by atoms with E-state index in [0.29, 0.717) is 12.1 Å². The number of amides is 2. The summed E-state index contributed by atoms with van der Waals surface area (Å²) in [5.74, 6) is 0.719. The third-order valence-corrected chi connectivity index (χ3v) is 4.98. The van der Waals surface area contributed by atoms with Gasteiger partial charge in [-0.3, -0.25) is 0 Å². The predicted molar refractivity (Wildman–Crippen MR) is 71.5 cm³/mol. The van der Waals surface area contributed by atoms with E-state index in [4.69, 9.17) is 0 Å². The molecule has 18 heavy (non-hydrogen) atoms. The first-order chi connectivity index (χ1) is 8.77. The molecular weight excluding hydrogens is 226 g/mol. The van der Waals surface area contributed by atoms with E-state index in [1.807, 2.05) is 11.9 Å². The lowest BCUT2D eigenvalue weighted by molar-refractivity contribution is 0.0197. The third-order valence-electron chi connectivity index (χ3n) is 4.98. The van der Waals surface area contributed by atoms with Crippen molar-refractivity contribution in [3.63, 3.8) is 0 Å². The van der Waals surface area contributed by atoms with Crippen molar-refractivity contribution in [3.8, 4) is 0 Å². The van der Waals surface area contributed by atoms with Gasteiger partial charge in [-0.1, -0.05) is 12.8 Å². The van der Waals surface area contributed by atoms with E-state index in [-0.39, 0.29) is 6.03 Å². The molecule has 2 saturated heterocycles. The molecule has 3 fully saturated rings. The van der Waals surface area contributed by atoms with Crippen molar-refractivity contribution in [1.82, 2.24) is 15.1 Å². The molecule has 1 aliphatic carbocycles. The van der Waals surface area contributed by atoms with Crippen molar-refractivity contribution >= 4 is 6.03 Å². The Morgan fingerprint density at radius 3 is 2.61 bits per heavy atom. The minimum Gasteiger partial charge on any atom is -0.327 e. The minimum absolute atomic E-state index is 0.282. The molecule has 0 aromatic carbocycles. The maximum Gasteiger partial charge on any atom is 0.320 e. The maximum absolute atomic E-state index is 12.5. The second kappa shape index (κ2) is 5.08. The first-order valence-electron chi connectivity index (χ1n) is 7.51. The molecule has 0 spiro atoms. The molecule has 2 atom stereocenters. The zero-order valence-corrected chi connectivity index (χ0v) is 11.4. The van der Waals surface area contributed by atoms with E-state index < -0.39 is 0 Å². The number of fused-ring (bicyclic) bond motifs is 1. The molecule has 2 heterocycles. The van der Waals surface area contributed by atoms with Crippen LogP contribution in [0.5, 0.6) is 0 Å². The van der Waals surface area contributed by atoms with Gasteiger partial charge in [-0.15, -0.1) is 0 Å². The van der Waals surface area contributed by atoms with Crippen LogP contribution in [0.15, 0.2) is 0 Å². The van der Waals surface area contributed by atoms with Gasteiger partial charge >= 0.3 is 6.03 Å². The maximum atomic E-state index is 12.5. The van der Waals surface area contributed by atoms with Crippen molar-refractivity contribution < 1.29 is 4.79 Å². The van der Waals surface area contributed by atoms with Gasteiger partial charge in [-0.2, -0.15) is 0 Å². The molecule has 2 aliphatic heterocycles. The van der Waals surface area contributed by atoms with Gasteiger partial charge in [0.1, 0.15) is 0 Å². The summed E-state index contributed by atoms with van der Waals surface area (Å²) in [5, 5.41) is 3.40. The van der Waals surface area contributed by atoms with Crippen LogP contribution in [0, 0.1) is 5.92 Å². The summed E-state index contributed by atoms with van der Waals surface area (Å²) in [7, 11) is 1.97. The fourth-order valence-corrected chi connectivity index (χ4v) is 4.05. The summed E-state index contributed by atoms with van der Waals surface area (Å²) in [6.07, 6.45) is 7.45. The van der Waals surface area contributed by atoms with E-state index in [1.54, 1.807) is 0 Å². The number of rotatable bonds is 1. The van der Waals surface area contributed by atoms with E-state index in [2.05, 4.69) is 10.2 Å². The summed E-state index contributed by atoms with van der Waals surface area (Å²) in [5.41, 5.74) is 0. The standard InChI is InChI=1S/C14H25N3O/c1-16-10-11-4-2-3-5-13(11)17(14(16)18)12-6-8-15-9-7-12/h11-13,15H,2-10H2,1H3/t11-,13+/m1/s1. The molecule has 3 aliphatic rings. The molecular formula is C14H25N3O. The Kier molecular flexibility index (Phi) is 3.46. The fraction of sp³-hybridized carbons (Fsp3) is 0.929. The van der Waals surface area contributed by atoms with Crippen LogP contribution in [0.25, 0.3) is 0 Å². The Balaban J connectivity index is 1.80. The molecule has 1 N–H and O–H groups in total. The highest BCUT2D eigenvalue weighted by atomic mass is 16.2. The van der Waals surface area contributed by atoms with Gasteiger partial charge in [0.2, 0.25) is 0 Å². The monoisotopic (exact) mass is 251 g/mol.